The minimum absolute atomic E-state index is 0.0556. The molecule has 3 aliphatic heterocycles. The number of morpholine rings is 1. The van der Waals surface area contributed by atoms with Crippen molar-refractivity contribution in [3.63, 3.8) is 0 Å². The Morgan fingerprint density at radius 2 is 2.03 bits per heavy atom. The summed E-state index contributed by atoms with van der Waals surface area (Å²) in [4.78, 5) is 26.8. The van der Waals surface area contributed by atoms with Crippen LogP contribution in [-0.4, -0.2) is 66.1 Å². The van der Waals surface area contributed by atoms with Crippen molar-refractivity contribution >= 4 is 29.0 Å². The summed E-state index contributed by atoms with van der Waals surface area (Å²) in [7, 11) is 0. The normalized spacial score (nSPS) is 27.0. The van der Waals surface area contributed by atoms with Crippen molar-refractivity contribution in [2.75, 3.05) is 48.0 Å². The first-order chi connectivity index (χ1) is 17.0. The van der Waals surface area contributed by atoms with E-state index in [1.54, 1.807) is 12.3 Å². The molecule has 4 aliphatic rings. The van der Waals surface area contributed by atoms with E-state index in [9.17, 15) is 14.3 Å². The second kappa shape index (κ2) is 9.00. The predicted molar refractivity (Wildman–Crippen MR) is 129 cm³/mol. The Hall–Kier alpha value is -2.82. The number of nitrogens with one attached hydrogen (secondary N) is 2. The number of aliphatic hydroxyl groups is 1. The summed E-state index contributed by atoms with van der Waals surface area (Å²) in [5, 5.41) is 16.8. The Morgan fingerprint density at radius 3 is 2.74 bits per heavy atom. The summed E-state index contributed by atoms with van der Waals surface area (Å²) in [5.74, 6) is 0.552. The number of hydrogen-bond acceptors (Lipinski definition) is 8. The molecule has 1 amide bonds. The van der Waals surface area contributed by atoms with Gasteiger partial charge in [-0.25, -0.2) is 9.37 Å². The SMILES string of the molecule is O=C1N(C2CCCC2)c2nc(Nc3ccc(N4CCOCC4)c(F)c3)ncc2CC12CCNC2O. The molecule has 2 atom stereocenters. The molecule has 9 nitrogen and oxygen atoms in total. The maximum atomic E-state index is 14.9. The third kappa shape index (κ3) is 3.93. The summed E-state index contributed by atoms with van der Waals surface area (Å²) in [6.45, 7) is 3.11. The highest BCUT2D eigenvalue weighted by Crippen LogP contribution is 2.45. The summed E-state index contributed by atoms with van der Waals surface area (Å²) in [6.07, 6.45) is 5.84. The number of halogens is 1. The van der Waals surface area contributed by atoms with Gasteiger partial charge in [0.15, 0.2) is 0 Å². The van der Waals surface area contributed by atoms with Gasteiger partial charge >= 0.3 is 0 Å². The van der Waals surface area contributed by atoms with E-state index >= 15 is 0 Å². The first-order valence-electron chi connectivity index (χ1n) is 12.6. The Kier molecular flexibility index (Phi) is 5.82. The molecule has 3 fully saturated rings. The number of carbonyl (C=O) groups is 1. The van der Waals surface area contributed by atoms with Crippen LogP contribution in [0, 0.1) is 11.2 Å². The van der Waals surface area contributed by atoms with Crippen LogP contribution in [0.15, 0.2) is 24.4 Å². The molecule has 1 spiro atoms. The number of ether oxygens (including phenoxy) is 1. The van der Waals surface area contributed by atoms with Gasteiger partial charge in [0.1, 0.15) is 17.9 Å². The number of nitrogens with zero attached hydrogens (tertiary/aromatic N) is 4. The number of aromatic nitrogens is 2. The van der Waals surface area contributed by atoms with Crippen molar-refractivity contribution in [3.8, 4) is 0 Å². The van der Waals surface area contributed by atoms with E-state index in [-0.39, 0.29) is 17.8 Å². The molecule has 2 aromatic rings. The molecule has 4 heterocycles. The number of rotatable bonds is 4. The molecular formula is C25H31FN6O3. The van der Waals surface area contributed by atoms with Crippen molar-refractivity contribution < 1.29 is 19.0 Å². The maximum Gasteiger partial charge on any atom is 0.239 e. The van der Waals surface area contributed by atoms with Gasteiger partial charge < -0.3 is 20.1 Å². The first kappa shape index (κ1) is 22.6. The highest BCUT2D eigenvalue weighted by Gasteiger charge is 2.55. The van der Waals surface area contributed by atoms with Crippen LogP contribution in [0.2, 0.25) is 0 Å². The van der Waals surface area contributed by atoms with Crippen LogP contribution in [-0.2, 0) is 16.0 Å². The molecule has 1 aromatic carbocycles. The van der Waals surface area contributed by atoms with Gasteiger partial charge in [-0.15, -0.1) is 0 Å². The van der Waals surface area contributed by atoms with E-state index in [1.807, 2.05) is 15.9 Å². The van der Waals surface area contributed by atoms with Crippen LogP contribution in [0.3, 0.4) is 0 Å². The summed E-state index contributed by atoms with van der Waals surface area (Å²) in [5.41, 5.74) is 1.09. The van der Waals surface area contributed by atoms with Gasteiger partial charge in [-0.3, -0.25) is 15.0 Å². The average Bonchev–Trinajstić information content (AvgIpc) is 3.52. The standard InChI is InChI=1S/C25H31FN6O3/c26-19-13-17(5-6-20(19)31-9-11-35-12-10-31)29-24-28-15-16-14-25(7-8-27-22(25)33)23(34)32(21(16)30-24)18-3-1-2-4-18/h5-6,13,15,18,22,27,33H,1-4,7-12,14H2,(H,28,29,30). The second-order valence-electron chi connectivity index (χ2n) is 9.99. The Balaban J connectivity index is 1.29. The fraction of sp³-hybridized carbons (Fsp3) is 0.560. The zero-order valence-corrected chi connectivity index (χ0v) is 19.7. The fourth-order valence-corrected chi connectivity index (χ4v) is 5.99. The monoisotopic (exact) mass is 482 g/mol. The molecule has 0 bridgehead atoms. The van der Waals surface area contributed by atoms with Gasteiger partial charge in [-0.05, 0) is 50.4 Å². The number of amides is 1. The minimum atomic E-state index is -0.877. The van der Waals surface area contributed by atoms with Crippen LogP contribution >= 0.6 is 0 Å². The Morgan fingerprint density at radius 1 is 1.23 bits per heavy atom. The van der Waals surface area contributed by atoms with Crippen LogP contribution in [0.25, 0.3) is 0 Å². The lowest BCUT2D eigenvalue weighted by atomic mass is 9.75. The number of carbonyl (C=O) groups excluding carboxylic acids is 1. The van der Waals surface area contributed by atoms with Gasteiger partial charge in [-0.2, -0.15) is 4.98 Å². The molecule has 1 saturated carbocycles. The Bertz CT molecular complexity index is 1120. The molecule has 6 rings (SSSR count). The maximum absolute atomic E-state index is 14.9. The van der Waals surface area contributed by atoms with E-state index in [0.717, 1.165) is 31.2 Å². The van der Waals surface area contributed by atoms with Crippen molar-refractivity contribution in [3.05, 3.63) is 35.8 Å². The third-order valence-corrected chi connectivity index (χ3v) is 7.90. The molecule has 2 unspecified atom stereocenters. The van der Waals surface area contributed by atoms with E-state index in [2.05, 4.69) is 15.6 Å². The van der Waals surface area contributed by atoms with Crippen LogP contribution in [0.1, 0.15) is 37.7 Å². The van der Waals surface area contributed by atoms with Crippen molar-refractivity contribution in [2.45, 2.75) is 50.8 Å². The first-order valence-corrected chi connectivity index (χ1v) is 12.6. The number of benzene rings is 1. The molecule has 0 radical (unpaired) electrons. The largest absolute Gasteiger partial charge is 0.378 e. The molecule has 3 N–H and O–H groups in total. The van der Waals surface area contributed by atoms with Gasteiger partial charge in [-0.1, -0.05) is 12.8 Å². The quantitative estimate of drug-likeness (QED) is 0.610. The van der Waals surface area contributed by atoms with Crippen LogP contribution in [0.4, 0.5) is 27.5 Å². The average molecular weight is 483 g/mol. The van der Waals surface area contributed by atoms with Gasteiger partial charge in [0, 0.05) is 36.6 Å². The highest BCUT2D eigenvalue weighted by atomic mass is 19.1. The summed E-state index contributed by atoms with van der Waals surface area (Å²) in [6, 6.07) is 5.09. The smallest absolute Gasteiger partial charge is 0.239 e. The summed E-state index contributed by atoms with van der Waals surface area (Å²) < 4.78 is 20.2. The highest BCUT2D eigenvalue weighted by molar-refractivity contribution is 6.01. The lowest BCUT2D eigenvalue weighted by Crippen LogP contribution is -2.57. The number of hydrogen-bond donors (Lipinski definition) is 3. The van der Waals surface area contributed by atoms with E-state index in [1.165, 1.54) is 6.07 Å². The van der Waals surface area contributed by atoms with E-state index in [4.69, 9.17) is 9.72 Å². The van der Waals surface area contributed by atoms with Crippen LogP contribution < -0.4 is 20.4 Å². The van der Waals surface area contributed by atoms with Gasteiger partial charge in [0.25, 0.3) is 0 Å². The lowest BCUT2D eigenvalue weighted by molar-refractivity contribution is -0.135. The fourth-order valence-electron chi connectivity index (χ4n) is 5.99. The Labute approximate surface area is 203 Å². The molecular weight excluding hydrogens is 451 g/mol. The third-order valence-electron chi connectivity index (χ3n) is 7.90. The molecule has 186 valence electrons. The zero-order valence-electron chi connectivity index (χ0n) is 19.7. The van der Waals surface area contributed by atoms with Crippen LogP contribution in [0.5, 0.6) is 0 Å². The molecule has 1 aliphatic carbocycles. The number of aliphatic hydroxyl groups excluding tert-OH is 1. The predicted octanol–water partition coefficient (Wildman–Crippen LogP) is 2.33. The lowest BCUT2D eigenvalue weighted by Gasteiger charge is -2.43. The molecule has 35 heavy (non-hydrogen) atoms. The molecule has 10 heteroatoms. The van der Waals surface area contributed by atoms with Gasteiger partial charge in [0.2, 0.25) is 11.9 Å². The molecule has 1 aromatic heterocycles. The zero-order chi connectivity index (χ0) is 24.0. The molecule has 2 saturated heterocycles. The second-order valence-corrected chi connectivity index (χ2v) is 9.99. The summed E-state index contributed by atoms with van der Waals surface area (Å²) >= 11 is 0. The van der Waals surface area contributed by atoms with E-state index in [0.29, 0.717) is 68.8 Å². The van der Waals surface area contributed by atoms with Gasteiger partial charge in [0.05, 0.1) is 24.3 Å². The van der Waals surface area contributed by atoms with Crippen molar-refractivity contribution in [1.82, 2.24) is 15.3 Å². The number of fused-ring (bicyclic) bond motifs is 1. The topological polar surface area (TPSA) is 103 Å². The number of anilines is 4. The van der Waals surface area contributed by atoms with Crippen molar-refractivity contribution in [1.29, 1.82) is 0 Å². The minimum Gasteiger partial charge on any atom is -0.378 e. The van der Waals surface area contributed by atoms with E-state index < -0.39 is 11.6 Å². The van der Waals surface area contributed by atoms with Crippen molar-refractivity contribution in [2.24, 2.45) is 5.41 Å².